The van der Waals surface area contributed by atoms with Crippen molar-refractivity contribution < 1.29 is 28.3 Å². The number of anilines is 1. The molecule has 1 saturated heterocycles. The van der Waals surface area contributed by atoms with Crippen LogP contribution in [0.15, 0.2) is 22.7 Å². The molecule has 1 unspecified atom stereocenters. The first-order valence-corrected chi connectivity index (χ1v) is 18.0. The van der Waals surface area contributed by atoms with Gasteiger partial charge >= 0.3 is 0 Å². The highest BCUT2D eigenvalue weighted by atomic mass is 16.5. The van der Waals surface area contributed by atoms with Gasteiger partial charge in [0, 0.05) is 81.7 Å². The minimum atomic E-state index is -0.00562. The second-order valence-electron chi connectivity index (χ2n) is 13.8. The highest BCUT2D eigenvalue weighted by Gasteiger charge is 2.28. The molecule has 1 N–H and O–H groups in total. The van der Waals surface area contributed by atoms with Crippen LogP contribution in [0, 0.1) is 11.8 Å². The summed E-state index contributed by atoms with van der Waals surface area (Å²) in [5.74, 6) is 4.16. The van der Waals surface area contributed by atoms with E-state index in [1.165, 1.54) is 12.8 Å². The molecule has 0 spiro atoms. The summed E-state index contributed by atoms with van der Waals surface area (Å²) in [6.45, 7) is 6.88. The lowest BCUT2D eigenvalue weighted by Crippen LogP contribution is -2.42. The molecule has 12 nitrogen and oxygen atoms in total. The number of rotatable bonds is 8. The summed E-state index contributed by atoms with van der Waals surface area (Å²) in [5.41, 5.74) is 2.70. The SMILES string of the molecule is CCc1cc(CN2CCN(C(=O)CC3CCCC3)CCC(=O)NCC3CCCN(C3)c3nc4cc(OC)c(OC)c(OC)c4cc3C2)on1. The predicted octanol–water partition coefficient (Wildman–Crippen LogP) is 4.96. The molecule has 2 amide bonds. The summed E-state index contributed by atoms with van der Waals surface area (Å²) in [4.78, 5) is 38.7. The van der Waals surface area contributed by atoms with E-state index >= 15 is 0 Å². The van der Waals surface area contributed by atoms with Crippen molar-refractivity contribution in [1.29, 1.82) is 0 Å². The van der Waals surface area contributed by atoms with Gasteiger partial charge in [0.2, 0.25) is 17.6 Å². The molecular formula is C37H52N6O6. The molecule has 2 bridgehead atoms. The highest BCUT2D eigenvalue weighted by molar-refractivity contribution is 5.92. The predicted molar refractivity (Wildman–Crippen MR) is 187 cm³/mol. The first-order chi connectivity index (χ1) is 23.9. The Morgan fingerprint density at radius 3 is 2.53 bits per heavy atom. The van der Waals surface area contributed by atoms with Crippen LogP contribution >= 0.6 is 0 Å². The number of piperidine rings is 1. The molecule has 2 fully saturated rings. The van der Waals surface area contributed by atoms with Crippen LogP contribution in [0.3, 0.4) is 0 Å². The molecule has 6 rings (SSSR count). The van der Waals surface area contributed by atoms with Crippen LogP contribution in [-0.4, -0.2) is 92.4 Å². The Labute approximate surface area is 289 Å². The molecule has 0 radical (unpaired) electrons. The van der Waals surface area contributed by atoms with Gasteiger partial charge in [0.15, 0.2) is 17.3 Å². The number of hydrogen-bond acceptors (Lipinski definition) is 10. The third-order valence-corrected chi connectivity index (χ3v) is 10.4. The zero-order valence-corrected chi connectivity index (χ0v) is 29.6. The number of aromatic nitrogens is 2. The molecule has 1 atom stereocenters. The first kappa shape index (κ1) is 34.8. The number of hydrogen-bond donors (Lipinski definition) is 1. The van der Waals surface area contributed by atoms with Crippen molar-refractivity contribution in [2.45, 2.75) is 77.8 Å². The average molecular weight is 677 g/mol. The van der Waals surface area contributed by atoms with Crippen molar-refractivity contribution >= 4 is 28.5 Å². The van der Waals surface area contributed by atoms with E-state index in [-0.39, 0.29) is 17.7 Å². The van der Waals surface area contributed by atoms with E-state index in [1.54, 1.807) is 21.3 Å². The standard InChI is InChI=1S/C37H52N6O6/c1-5-28-19-29(49-40-28)24-41-15-16-42(34(45)17-25-9-6-7-10-25)14-12-33(44)38-21-26-11-8-13-43(22-26)37-27(23-41)18-30-31(39-37)20-32(46-2)36(48-4)35(30)47-3/h18-20,25-26H,5-17,21-24H2,1-4H3,(H,38,44). The summed E-state index contributed by atoms with van der Waals surface area (Å²) in [7, 11) is 4.85. The van der Waals surface area contributed by atoms with Crippen molar-refractivity contribution in [3.8, 4) is 17.2 Å². The van der Waals surface area contributed by atoms with Crippen LogP contribution in [-0.2, 0) is 29.1 Å². The lowest BCUT2D eigenvalue weighted by molar-refractivity contribution is -0.133. The fourth-order valence-electron chi connectivity index (χ4n) is 7.71. The molecule has 1 saturated carbocycles. The topological polar surface area (TPSA) is 123 Å². The van der Waals surface area contributed by atoms with Gasteiger partial charge in [-0.15, -0.1) is 0 Å². The summed E-state index contributed by atoms with van der Waals surface area (Å²) < 4.78 is 23.1. The fraction of sp³-hybridized carbons (Fsp3) is 0.622. The molecule has 12 heteroatoms. The number of nitrogens with zero attached hydrogens (tertiary/aromatic N) is 5. The summed E-state index contributed by atoms with van der Waals surface area (Å²) in [5, 5.41) is 8.27. The first-order valence-electron chi connectivity index (χ1n) is 18.0. The maximum Gasteiger partial charge on any atom is 0.222 e. The van der Waals surface area contributed by atoms with E-state index in [0.717, 1.165) is 78.9 Å². The zero-order chi connectivity index (χ0) is 34.3. The van der Waals surface area contributed by atoms with Crippen LogP contribution in [0.1, 0.15) is 75.3 Å². The Hall–Kier alpha value is -4.06. The van der Waals surface area contributed by atoms with E-state index in [0.29, 0.717) is 75.3 Å². The van der Waals surface area contributed by atoms with Crippen LogP contribution in [0.5, 0.6) is 17.2 Å². The monoisotopic (exact) mass is 676 g/mol. The van der Waals surface area contributed by atoms with E-state index < -0.39 is 0 Å². The number of methoxy groups -OCH3 is 3. The van der Waals surface area contributed by atoms with Gasteiger partial charge in [-0.1, -0.05) is 24.9 Å². The average Bonchev–Trinajstić information content (AvgIpc) is 3.81. The number of benzene rings is 1. The number of carbonyl (C=O) groups is 2. The third-order valence-electron chi connectivity index (χ3n) is 10.4. The molecule has 1 aliphatic carbocycles. The molecule has 2 aromatic heterocycles. The Morgan fingerprint density at radius 1 is 0.980 bits per heavy atom. The number of amides is 2. The van der Waals surface area contributed by atoms with Gasteiger partial charge in [-0.2, -0.15) is 0 Å². The van der Waals surface area contributed by atoms with E-state index in [4.69, 9.17) is 23.7 Å². The molecule has 3 aliphatic rings. The number of ether oxygens (including phenoxy) is 3. The number of nitrogens with one attached hydrogen (secondary N) is 1. The van der Waals surface area contributed by atoms with Gasteiger partial charge in [0.1, 0.15) is 5.82 Å². The molecule has 3 aromatic rings. The number of pyridine rings is 1. The number of carbonyl (C=O) groups excluding carboxylic acids is 2. The van der Waals surface area contributed by atoms with Crippen LogP contribution < -0.4 is 24.4 Å². The van der Waals surface area contributed by atoms with Gasteiger partial charge < -0.3 is 33.9 Å². The number of aryl methyl sites for hydroxylation is 1. The lowest BCUT2D eigenvalue weighted by atomic mass is 9.97. The van der Waals surface area contributed by atoms with E-state index in [9.17, 15) is 9.59 Å². The maximum absolute atomic E-state index is 13.7. The summed E-state index contributed by atoms with van der Waals surface area (Å²) in [6, 6.07) is 6.08. The maximum atomic E-state index is 13.7. The van der Waals surface area contributed by atoms with Crippen molar-refractivity contribution in [3.05, 3.63) is 35.2 Å². The largest absolute Gasteiger partial charge is 0.493 e. The van der Waals surface area contributed by atoms with Gasteiger partial charge in [0.05, 0.1) is 39.1 Å². The third kappa shape index (κ3) is 8.22. The Morgan fingerprint density at radius 2 is 1.80 bits per heavy atom. The quantitative estimate of drug-likeness (QED) is 0.351. The van der Waals surface area contributed by atoms with Crippen LogP contribution in [0.25, 0.3) is 10.9 Å². The minimum absolute atomic E-state index is 0.00562. The lowest BCUT2D eigenvalue weighted by Gasteiger charge is -2.35. The summed E-state index contributed by atoms with van der Waals surface area (Å²) in [6.07, 6.45) is 8.25. The second-order valence-corrected chi connectivity index (χ2v) is 13.8. The Kier molecular flexibility index (Phi) is 11.4. The van der Waals surface area contributed by atoms with Crippen molar-refractivity contribution in [3.63, 3.8) is 0 Å². The van der Waals surface area contributed by atoms with E-state index in [2.05, 4.69) is 33.3 Å². The van der Waals surface area contributed by atoms with Crippen LogP contribution in [0.4, 0.5) is 5.82 Å². The molecule has 266 valence electrons. The smallest absolute Gasteiger partial charge is 0.222 e. The molecule has 4 heterocycles. The normalized spacial score (nSPS) is 20.0. The van der Waals surface area contributed by atoms with Crippen molar-refractivity contribution in [2.24, 2.45) is 11.8 Å². The zero-order valence-electron chi connectivity index (χ0n) is 29.6. The second kappa shape index (κ2) is 16.1. The van der Waals surface area contributed by atoms with Gasteiger partial charge in [-0.05, 0) is 50.0 Å². The molecule has 1 aromatic carbocycles. The molecule has 49 heavy (non-hydrogen) atoms. The molecule has 2 aliphatic heterocycles. The van der Waals surface area contributed by atoms with Gasteiger partial charge in [-0.25, -0.2) is 4.98 Å². The van der Waals surface area contributed by atoms with E-state index in [1.807, 2.05) is 17.0 Å². The number of fused-ring (bicyclic) bond motifs is 5. The van der Waals surface area contributed by atoms with Crippen LogP contribution in [0.2, 0.25) is 0 Å². The summed E-state index contributed by atoms with van der Waals surface area (Å²) >= 11 is 0. The minimum Gasteiger partial charge on any atom is -0.493 e. The Balaban J connectivity index is 1.41. The Bertz CT molecular complexity index is 1600. The fourth-order valence-corrected chi connectivity index (χ4v) is 7.71. The highest BCUT2D eigenvalue weighted by Crippen LogP contribution is 2.44. The van der Waals surface area contributed by atoms with Crippen molar-refractivity contribution in [1.82, 2.24) is 25.3 Å². The van der Waals surface area contributed by atoms with Gasteiger partial charge in [-0.3, -0.25) is 14.5 Å². The van der Waals surface area contributed by atoms with Crippen molar-refractivity contribution in [2.75, 3.05) is 65.5 Å². The molecular weight excluding hydrogens is 624 g/mol. The van der Waals surface area contributed by atoms with Gasteiger partial charge in [0.25, 0.3) is 0 Å².